The molecule has 17 heavy (non-hydrogen) atoms. The monoisotopic (exact) mass is 260 g/mol. The third kappa shape index (κ3) is 4.54. The summed E-state index contributed by atoms with van der Waals surface area (Å²) in [5, 5.41) is 10.8. The average Bonchev–Trinajstić information content (AvgIpc) is 2.23. The lowest BCUT2D eigenvalue weighted by atomic mass is 10.4. The highest BCUT2D eigenvalue weighted by Gasteiger charge is 2.17. The van der Waals surface area contributed by atoms with E-state index in [1.54, 1.807) is 0 Å². The van der Waals surface area contributed by atoms with Gasteiger partial charge in [0.05, 0.1) is 17.6 Å². The van der Waals surface area contributed by atoms with Crippen molar-refractivity contribution in [3.63, 3.8) is 0 Å². The summed E-state index contributed by atoms with van der Waals surface area (Å²) in [6.45, 7) is 4.30. The minimum absolute atomic E-state index is 0.0842. The second-order valence-electron chi connectivity index (χ2n) is 3.48. The van der Waals surface area contributed by atoms with Crippen molar-refractivity contribution in [2.24, 2.45) is 0 Å². The number of ether oxygens (including phenoxy) is 2. The van der Waals surface area contributed by atoms with Gasteiger partial charge < -0.3 is 9.47 Å². The lowest BCUT2D eigenvalue weighted by molar-refractivity contribution is -0.386. The lowest BCUT2D eigenvalue weighted by Gasteiger charge is -2.08. The molecule has 0 aromatic carbocycles. The highest BCUT2D eigenvalue weighted by molar-refractivity contribution is 6.29. The first-order valence-electron chi connectivity index (χ1n) is 5.06. The van der Waals surface area contributed by atoms with Crippen LogP contribution in [0.15, 0.2) is 12.1 Å². The number of pyridine rings is 1. The van der Waals surface area contributed by atoms with Crippen molar-refractivity contribution in [1.29, 1.82) is 0 Å². The van der Waals surface area contributed by atoms with Gasteiger partial charge in [0.1, 0.15) is 11.8 Å². The molecule has 6 nitrogen and oxygen atoms in total. The molecule has 1 heterocycles. The fraction of sp³-hybridized carbons (Fsp3) is 0.500. The molecular formula is C10H13ClN2O4. The smallest absolute Gasteiger partial charge is 0.331 e. The summed E-state index contributed by atoms with van der Waals surface area (Å²) in [4.78, 5) is 13.9. The predicted molar refractivity (Wildman–Crippen MR) is 62.5 cm³/mol. The molecule has 0 atom stereocenters. The number of halogens is 1. The van der Waals surface area contributed by atoms with Gasteiger partial charge in [-0.1, -0.05) is 11.6 Å². The summed E-state index contributed by atoms with van der Waals surface area (Å²) in [6, 6.07) is 2.60. The van der Waals surface area contributed by atoms with E-state index in [1.165, 1.54) is 12.1 Å². The van der Waals surface area contributed by atoms with Crippen LogP contribution in [-0.4, -0.2) is 29.2 Å². The normalized spacial score (nSPS) is 10.6. The molecule has 1 aromatic rings. The molecule has 0 fully saturated rings. The van der Waals surface area contributed by atoms with Crippen LogP contribution >= 0.6 is 11.6 Å². The molecule has 7 heteroatoms. The van der Waals surface area contributed by atoms with Gasteiger partial charge in [-0.25, -0.2) is 0 Å². The second-order valence-corrected chi connectivity index (χ2v) is 3.87. The van der Waals surface area contributed by atoms with E-state index >= 15 is 0 Å². The van der Waals surface area contributed by atoms with E-state index in [0.717, 1.165) is 0 Å². The van der Waals surface area contributed by atoms with Crippen molar-refractivity contribution in [2.75, 3.05) is 13.2 Å². The van der Waals surface area contributed by atoms with Gasteiger partial charge in [0.25, 0.3) is 5.88 Å². The maximum absolute atomic E-state index is 10.7. The third-order valence-corrected chi connectivity index (χ3v) is 1.99. The first-order chi connectivity index (χ1) is 8.00. The highest BCUT2D eigenvalue weighted by Crippen LogP contribution is 2.25. The zero-order valence-corrected chi connectivity index (χ0v) is 10.3. The predicted octanol–water partition coefficient (Wildman–Crippen LogP) is 2.45. The standard InChI is InChI=1S/C10H13ClN2O4/c1-7(2)16-5-6-17-10-8(13(14)15)3-4-9(11)12-10/h3-4,7H,5-6H2,1-2H3. The molecule has 0 aliphatic heterocycles. The number of aromatic nitrogens is 1. The quantitative estimate of drug-likeness (QED) is 0.340. The maximum Gasteiger partial charge on any atom is 0.331 e. The molecule has 0 bridgehead atoms. The Morgan fingerprint density at radius 2 is 2.18 bits per heavy atom. The zero-order chi connectivity index (χ0) is 12.8. The molecule has 0 aliphatic rings. The largest absolute Gasteiger partial charge is 0.470 e. The molecule has 0 saturated heterocycles. The Hall–Kier alpha value is -1.40. The molecule has 0 radical (unpaired) electrons. The van der Waals surface area contributed by atoms with Gasteiger partial charge in [-0.2, -0.15) is 4.98 Å². The van der Waals surface area contributed by atoms with Crippen molar-refractivity contribution < 1.29 is 14.4 Å². The number of rotatable bonds is 6. The molecule has 1 rings (SSSR count). The Morgan fingerprint density at radius 1 is 1.47 bits per heavy atom. The van der Waals surface area contributed by atoms with Crippen LogP contribution in [-0.2, 0) is 4.74 Å². The van der Waals surface area contributed by atoms with Gasteiger partial charge in [-0.3, -0.25) is 10.1 Å². The van der Waals surface area contributed by atoms with E-state index in [2.05, 4.69) is 4.98 Å². The molecule has 0 N–H and O–H groups in total. The van der Waals surface area contributed by atoms with E-state index < -0.39 is 4.92 Å². The minimum Gasteiger partial charge on any atom is -0.470 e. The van der Waals surface area contributed by atoms with Crippen molar-refractivity contribution in [1.82, 2.24) is 4.98 Å². The minimum atomic E-state index is -0.567. The summed E-state index contributed by atoms with van der Waals surface area (Å²) in [5.41, 5.74) is -0.209. The van der Waals surface area contributed by atoms with E-state index in [4.69, 9.17) is 21.1 Å². The van der Waals surface area contributed by atoms with Crippen molar-refractivity contribution in [3.05, 3.63) is 27.4 Å². The Labute approximate surface area is 104 Å². The van der Waals surface area contributed by atoms with Crippen LogP contribution in [0.25, 0.3) is 0 Å². The highest BCUT2D eigenvalue weighted by atomic mass is 35.5. The molecule has 94 valence electrons. The van der Waals surface area contributed by atoms with Crippen molar-refractivity contribution >= 4 is 17.3 Å². The van der Waals surface area contributed by atoms with E-state index in [0.29, 0.717) is 6.61 Å². The van der Waals surface area contributed by atoms with Crippen LogP contribution in [0.5, 0.6) is 5.88 Å². The average molecular weight is 261 g/mol. The number of nitro groups is 1. The Morgan fingerprint density at radius 3 is 2.76 bits per heavy atom. The molecule has 0 saturated carbocycles. The topological polar surface area (TPSA) is 74.5 Å². The second kappa shape index (κ2) is 6.36. The van der Waals surface area contributed by atoms with E-state index in [1.807, 2.05) is 13.8 Å². The van der Waals surface area contributed by atoms with E-state index in [-0.39, 0.29) is 29.4 Å². The number of hydrogen-bond acceptors (Lipinski definition) is 5. The Balaban J connectivity index is 2.62. The van der Waals surface area contributed by atoms with Crippen LogP contribution in [0.1, 0.15) is 13.8 Å². The Kier molecular flexibility index (Phi) is 5.11. The summed E-state index contributed by atoms with van der Waals surface area (Å²) in [5.74, 6) is -0.0881. The van der Waals surface area contributed by atoms with Gasteiger partial charge in [-0.05, 0) is 19.9 Å². The molecular weight excluding hydrogens is 248 g/mol. The first kappa shape index (κ1) is 13.7. The lowest BCUT2D eigenvalue weighted by Crippen LogP contribution is -2.12. The summed E-state index contributed by atoms with van der Waals surface area (Å²) < 4.78 is 10.4. The van der Waals surface area contributed by atoms with Crippen molar-refractivity contribution in [2.45, 2.75) is 20.0 Å². The SMILES string of the molecule is CC(C)OCCOc1nc(Cl)ccc1[N+](=O)[O-]. The van der Waals surface area contributed by atoms with E-state index in [9.17, 15) is 10.1 Å². The molecule has 0 aliphatic carbocycles. The molecule has 1 aromatic heterocycles. The van der Waals surface area contributed by atoms with Crippen LogP contribution in [0.3, 0.4) is 0 Å². The van der Waals surface area contributed by atoms with Crippen LogP contribution in [0, 0.1) is 10.1 Å². The van der Waals surface area contributed by atoms with Gasteiger partial charge >= 0.3 is 5.69 Å². The summed E-state index contributed by atoms with van der Waals surface area (Å²) >= 11 is 5.64. The van der Waals surface area contributed by atoms with Gasteiger partial charge in [0.15, 0.2) is 0 Å². The molecule has 0 amide bonds. The van der Waals surface area contributed by atoms with Crippen LogP contribution in [0.4, 0.5) is 5.69 Å². The van der Waals surface area contributed by atoms with Gasteiger partial charge in [0.2, 0.25) is 0 Å². The molecule has 0 unspecified atom stereocenters. The Bertz CT molecular complexity index is 398. The number of nitrogens with zero attached hydrogens (tertiary/aromatic N) is 2. The first-order valence-corrected chi connectivity index (χ1v) is 5.44. The third-order valence-electron chi connectivity index (χ3n) is 1.78. The van der Waals surface area contributed by atoms with Gasteiger partial charge in [0, 0.05) is 6.07 Å². The summed E-state index contributed by atoms with van der Waals surface area (Å²) in [7, 11) is 0. The van der Waals surface area contributed by atoms with Crippen LogP contribution < -0.4 is 4.74 Å². The van der Waals surface area contributed by atoms with Crippen LogP contribution in [0.2, 0.25) is 5.15 Å². The molecule has 0 spiro atoms. The van der Waals surface area contributed by atoms with Crippen molar-refractivity contribution in [3.8, 4) is 5.88 Å². The zero-order valence-electron chi connectivity index (χ0n) is 9.55. The summed E-state index contributed by atoms with van der Waals surface area (Å²) in [6.07, 6.45) is 0.0842. The fourth-order valence-corrected chi connectivity index (χ4v) is 1.22. The number of hydrogen-bond donors (Lipinski definition) is 0. The van der Waals surface area contributed by atoms with Gasteiger partial charge in [-0.15, -0.1) is 0 Å². The maximum atomic E-state index is 10.7. The fourth-order valence-electron chi connectivity index (χ4n) is 1.08.